The molecule has 1 rings (SSSR count). The van der Waals surface area contributed by atoms with Crippen LogP contribution in [0.1, 0.15) is 25.0 Å². The van der Waals surface area contributed by atoms with Crippen LogP contribution < -0.4 is 0 Å². The van der Waals surface area contributed by atoms with E-state index in [-0.39, 0.29) is 0 Å². The van der Waals surface area contributed by atoms with Gasteiger partial charge in [-0.3, -0.25) is 0 Å². The van der Waals surface area contributed by atoms with Gasteiger partial charge in [-0.1, -0.05) is 35.9 Å². The van der Waals surface area contributed by atoms with E-state index in [1.807, 2.05) is 31.2 Å². The van der Waals surface area contributed by atoms with E-state index in [0.29, 0.717) is 11.4 Å². The molecule has 1 N–H and O–H groups in total. The van der Waals surface area contributed by atoms with Crippen molar-refractivity contribution in [2.45, 2.75) is 19.4 Å². The summed E-state index contributed by atoms with van der Waals surface area (Å²) in [4.78, 5) is 0. The first-order valence-corrected chi connectivity index (χ1v) is 4.66. The second-order valence-corrected chi connectivity index (χ2v) is 3.31. The summed E-state index contributed by atoms with van der Waals surface area (Å²) in [6, 6.07) is 7.26. The molecule has 0 aliphatic carbocycles. The maximum absolute atomic E-state index is 9.65. The molecule has 0 amide bonds. The molecular weight excluding hydrogens is 184 g/mol. The van der Waals surface area contributed by atoms with Crippen molar-refractivity contribution >= 4 is 11.6 Å². The minimum absolute atomic E-state index is 0.423. The molecule has 70 valence electrons. The number of aliphatic hydroxyl groups is 1. The minimum Gasteiger partial charge on any atom is -0.388 e. The summed E-state index contributed by atoms with van der Waals surface area (Å²) in [6.07, 6.45) is 4.10. The number of halogens is 1. The molecule has 0 aliphatic rings. The highest BCUT2D eigenvalue weighted by atomic mass is 35.5. The molecule has 0 saturated heterocycles. The molecule has 0 radical (unpaired) electrons. The lowest BCUT2D eigenvalue weighted by molar-refractivity contribution is 0.181. The van der Waals surface area contributed by atoms with Gasteiger partial charge in [0.05, 0.1) is 6.10 Å². The fourth-order valence-electron chi connectivity index (χ4n) is 1.09. The Morgan fingerprint density at radius 1 is 1.38 bits per heavy atom. The fraction of sp³-hybridized carbons (Fsp3) is 0.273. The van der Waals surface area contributed by atoms with E-state index in [1.165, 1.54) is 0 Å². The third kappa shape index (κ3) is 3.21. The standard InChI is InChI=1S/C11H13ClO/c1-2-3-4-11(13)9-5-7-10(12)8-6-9/h2-3,5-8,11,13H,4H2,1H3. The van der Waals surface area contributed by atoms with E-state index < -0.39 is 6.10 Å². The summed E-state index contributed by atoms with van der Waals surface area (Å²) >= 11 is 5.73. The third-order valence-electron chi connectivity index (χ3n) is 1.85. The van der Waals surface area contributed by atoms with Crippen LogP contribution in [-0.4, -0.2) is 5.11 Å². The van der Waals surface area contributed by atoms with E-state index in [4.69, 9.17) is 11.6 Å². The quantitative estimate of drug-likeness (QED) is 0.736. The summed E-state index contributed by atoms with van der Waals surface area (Å²) in [6.45, 7) is 1.94. The molecule has 1 nitrogen and oxygen atoms in total. The lowest BCUT2D eigenvalue weighted by atomic mass is 10.1. The molecule has 1 aromatic rings. The first-order valence-electron chi connectivity index (χ1n) is 4.28. The van der Waals surface area contributed by atoms with E-state index in [2.05, 4.69) is 0 Å². The van der Waals surface area contributed by atoms with Gasteiger partial charge in [-0.05, 0) is 31.0 Å². The molecule has 0 aromatic heterocycles. The summed E-state index contributed by atoms with van der Waals surface area (Å²) in [7, 11) is 0. The van der Waals surface area contributed by atoms with E-state index in [1.54, 1.807) is 12.1 Å². The fourth-order valence-corrected chi connectivity index (χ4v) is 1.21. The van der Waals surface area contributed by atoms with Crippen LogP contribution in [0, 0.1) is 0 Å². The van der Waals surface area contributed by atoms with Crippen molar-refractivity contribution in [3.8, 4) is 0 Å². The van der Waals surface area contributed by atoms with Gasteiger partial charge in [0.25, 0.3) is 0 Å². The highest BCUT2D eigenvalue weighted by molar-refractivity contribution is 6.30. The molecule has 0 bridgehead atoms. The van der Waals surface area contributed by atoms with Crippen LogP contribution in [-0.2, 0) is 0 Å². The van der Waals surface area contributed by atoms with E-state index in [0.717, 1.165) is 5.56 Å². The van der Waals surface area contributed by atoms with Crippen LogP contribution in [0.2, 0.25) is 5.02 Å². The van der Waals surface area contributed by atoms with E-state index >= 15 is 0 Å². The molecule has 1 unspecified atom stereocenters. The molecule has 0 spiro atoms. The van der Waals surface area contributed by atoms with Crippen molar-refractivity contribution in [1.82, 2.24) is 0 Å². The normalized spacial score (nSPS) is 13.5. The summed E-state index contributed by atoms with van der Waals surface area (Å²) in [5.74, 6) is 0. The molecule has 13 heavy (non-hydrogen) atoms. The smallest absolute Gasteiger partial charge is 0.0824 e. The Balaban J connectivity index is 2.66. The maximum atomic E-state index is 9.65. The number of hydrogen-bond donors (Lipinski definition) is 1. The SMILES string of the molecule is CC=CCC(O)c1ccc(Cl)cc1. The second kappa shape index (κ2) is 5.05. The average Bonchev–Trinajstić information content (AvgIpc) is 2.15. The maximum Gasteiger partial charge on any atom is 0.0824 e. The zero-order valence-electron chi connectivity index (χ0n) is 7.57. The Labute approximate surface area is 83.7 Å². The van der Waals surface area contributed by atoms with Crippen LogP contribution in [0.3, 0.4) is 0 Å². The lowest BCUT2D eigenvalue weighted by Gasteiger charge is -2.07. The van der Waals surface area contributed by atoms with Gasteiger partial charge < -0.3 is 5.11 Å². The van der Waals surface area contributed by atoms with Crippen LogP contribution in [0.5, 0.6) is 0 Å². The first kappa shape index (κ1) is 10.3. The Morgan fingerprint density at radius 3 is 2.54 bits per heavy atom. The number of allylic oxidation sites excluding steroid dienone is 1. The lowest BCUT2D eigenvalue weighted by Crippen LogP contribution is -1.94. The van der Waals surface area contributed by atoms with Crippen molar-refractivity contribution < 1.29 is 5.11 Å². The zero-order chi connectivity index (χ0) is 9.68. The third-order valence-corrected chi connectivity index (χ3v) is 2.10. The molecule has 0 saturated carbocycles. The predicted octanol–water partition coefficient (Wildman–Crippen LogP) is 3.34. The van der Waals surface area contributed by atoms with Gasteiger partial charge in [0.1, 0.15) is 0 Å². The summed E-state index contributed by atoms with van der Waals surface area (Å²) in [5, 5.41) is 10.3. The number of hydrogen-bond acceptors (Lipinski definition) is 1. The summed E-state index contributed by atoms with van der Waals surface area (Å²) in [5.41, 5.74) is 0.905. The van der Waals surface area contributed by atoms with Crippen LogP contribution in [0.4, 0.5) is 0 Å². The Bertz CT molecular complexity index is 277. The Morgan fingerprint density at radius 2 is 2.00 bits per heavy atom. The summed E-state index contributed by atoms with van der Waals surface area (Å²) < 4.78 is 0. The highest BCUT2D eigenvalue weighted by Gasteiger charge is 2.03. The van der Waals surface area contributed by atoms with Gasteiger partial charge >= 0.3 is 0 Å². The monoisotopic (exact) mass is 196 g/mol. The van der Waals surface area contributed by atoms with Gasteiger partial charge in [0, 0.05) is 5.02 Å². The Kier molecular flexibility index (Phi) is 4.00. The molecule has 0 fully saturated rings. The molecule has 1 atom stereocenters. The van der Waals surface area contributed by atoms with Gasteiger partial charge in [0.15, 0.2) is 0 Å². The zero-order valence-corrected chi connectivity index (χ0v) is 8.33. The number of rotatable bonds is 3. The molecule has 0 aliphatic heterocycles. The van der Waals surface area contributed by atoms with E-state index in [9.17, 15) is 5.11 Å². The topological polar surface area (TPSA) is 20.2 Å². The van der Waals surface area contributed by atoms with Crippen molar-refractivity contribution in [3.63, 3.8) is 0 Å². The van der Waals surface area contributed by atoms with Gasteiger partial charge in [-0.2, -0.15) is 0 Å². The minimum atomic E-state index is -0.423. The predicted molar refractivity (Wildman–Crippen MR) is 55.8 cm³/mol. The van der Waals surface area contributed by atoms with Crippen molar-refractivity contribution in [1.29, 1.82) is 0 Å². The Hall–Kier alpha value is -0.790. The molecule has 2 heteroatoms. The number of benzene rings is 1. The van der Waals surface area contributed by atoms with Crippen LogP contribution in [0.25, 0.3) is 0 Å². The molecule has 1 aromatic carbocycles. The number of aliphatic hydroxyl groups excluding tert-OH is 1. The molecular formula is C11H13ClO. The van der Waals surface area contributed by atoms with Gasteiger partial charge in [-0.15, -0.1) is 0 Å². The van der Waals surface area contributed by atoms with Gasteiger partial charge in [0.2, 0.25) is 0 Å². The van der Waals surface area contributed by atoms with Crippen LogP contribution >= 0.6 is 11.6 Å². The molecule has 0 heterocycles. The van der Waals surface area contributed by atoms with Crippen LogP contribution in [0.15, 0.2) is 36.4 Å². The first-order chi connectivity index (χ1) is 6.24. The average molecular weight is 197 g/mol. The van der Waals surface area contributed by atoms with Crippen molar-refractivity contribution in [3.05, 3.63) is 47.0 Å². The van der Waals surface area contributed by atoms with Crippen molar-refractivity contribution in [2.75, 3.05) is 0 Å². The van der Waals surface area contributed by atoms with Crippen molar-refractivity contribution in [2.24, 2.45) is 0 Å². The largest absolute Gasteiger partial charge is 0.388 e. The second-order valence-electron chi connectivity index (χ2n) is 2.87. The highest BCUT2D eigenvalue weighted by Crippen LogP contribution is 2.19. The van der Waals surface area contributed by atoms with Gasteiger partial charge in [-0.25, -0.2) is 0 Å².